The van der Waals surface area contributed by atoms with Gasteiger partial charge in [0.2, 0.25) is 5.91 Å². The number of carbonyl (C=O) groups is 1. The molecule has 0 aliphatic rings. The summed E-state index contributed by atoms with van der Waals surface area (Å²) in [6, 6.07) is 9.10. The quantitative estimate of drug-likeness (QED) is 0.586. The van der Waals surface area contributed by atoms with Gasteiger partial charge in [0.25, 0.3) is 5.56 Å². The number of nitriles is 1. The number of hydrogen-bond donors (Lipinski definition) is 2. The average Bonchev–Trinajstić information content (AvgIpc) is 2.56. The Balaban J connectivity index is 2.11. The molecule has 1 amide bonds. The first-order valence-corrected chi connectivity index (χ1v) is 8.88. The molecule has 124 valence electrons. The Morgan fingerprint density at radius 3 is 2.71 bits per heavy atom. The number of nitrogens with zero attached hydrogens (tertiary/aromatic N) is 2. The summed E-state index contributed by atoms with van der Waals surface area (Å²) >= 11 is 4.47. The molecule has 0 saturated carbocycles. The van der Waals surface area contributed by atoms with Gasteiger partial charge >= 0.3 is 0 Å². The molecule has 1 heterocycles. The van der Waals surface area contributed by atoms with Crippen LogP contribution in [0.15, 0.2) is 38.7 Å². The lowest BCUT2D eigenvalue weighted by Crippen LogP contribution is -2.24. The number of benzene rings is 1. The van der Waals surface area contributed by atoms with Crippen molar-refractivity contribution in [2.24, 2.45) is 0 Å². The highest BCUT2D eigenvalue weighted by Gasteiger charge is 2.18. The lowest BCUT2D eigenvalue weighted by molar-refractivity contribution is -0.115. The topological polar surface area (TPSA) is 98.6 Å². The van der Waals surface area contributed by atoms with Crippen LogP contribution in [0.4, 0.5) is 5.69 Å². The summed E-state index contributed by atoms with van der Waals surface area (Å²) in [6.45, 7) is 3.55. The fourth-order valence-corrected chi connectivity index (χ4v) is 3.00. The Morgan fingerprint density at radius 1 is 1.46 bits per heavy atom. The Morgan fingerprint density at radius 2 is 2.12 bits per heavy atom. The predicted octanol–water partition coefficient (Wildman–Crippen LogP) is 3.09. The SMILES string of the molecule is CCc1nc(S[C@H](C)C(=O)Nc2ccc(Br)cc2)[nH]c(=O)c1C#N. The fourth-order valence-electron chi connectivity index (χ4n) is 1.92. The van der Waals surface area contributed by atoms with E-state index in [-0.39, 0.29) is 11.5 Å². The van der Waals surface area contributed by atoms with Crippen molar-refractivity contribution in [2.75, 3.05) is 5.32 Å². The van der Waals surface area contributed by atoms with Crippen molar-refractivity contribution in [3.05, 3.63) is 50.3 Å². The normalized spacial score (nSPS) is 11.6. The second-order valence-corrected chi connectivity index (χ2v) is 7.16. The largest absolute Gasteiger partial charge is 0.325 e. The Labute approximate surface area is 151 Å². The number of carbonyl (C=O) groups excluding carboxylic acids is 1. The zero-order valence-corrected chi connectivity index (χ0v) is 15.5. The van der Waals surface area contributed by atoms with Gasteiger partial charge in [0, 0.05) is 10.2 Å². The maximum absolute atomic E-state index is 12.2. The van der Waals surface area contributed by atoms with Gasteiger partial charge in [0.15, 0.2) is 5.16 Å². The van der Waals surface area contributed by atoms with Gasteiger partial charge < -0.3 is 10.3 Å². The molecule has 2 rings (SSSR count). The first-order chi connectivity index (χ1) is 11.4. The molecule has 0 bridgehead atoms. The summed E-state index contributed by atoms with van der Waals surface area (Å²) in [4.78, 5) is 30.9. The molecule has 0 spiro atoms. The van der Waals surface area contributed by atoms with Crippen LogP contribution in [-0.2, 0) is 11.2 Å². The minimum Gasteiger partial charge on any atom is -0.325 e. The molecule has 0 radical (unpaired) electrons. The molecule has 8 heteroatoms. The number of thioether (sulfide) groups is 1. The standard InChI is InChI=1S/C16H15BrN4O2S/c1-3-13-12(8-18)15(23)21-16(20-13)24-9(2)14(22)19-11-6-4-10(17)5-7-11/h4-7,9H,3H2,1-2H3,(H,19,22)(H,20,21,23)/t9-/m1/s1. The van der Waals surface area contributed by atoms with Gasteiger partial charge in [-0.3, -0.25) is 9.59 Å². The summed E-state index contributed by atoms with van der Waals surface area (Å²) < 4.78 is 0.925. The third-order valence-electron chi connectivity index (χ3n) is 3.19. The van der Waals surface area contributed by atoms with E-state index in [4.69, 9.17) is 5.26 Å². The molecule has 2 N–H and O–H groups in total. The van der Waals surface area contributed by atoms with Crippen molar-refractivity contribution in [1.29, 1.82) is 5.26 Å². The van der Waals surface area contributed by atoms with E-state index in [1.807, 2.05) is 25.1 Å². The van der Waals surface area contributed by atoms with Crippen LogP contribution in [0, 0.1) is 11.3 Å². The second kappa shape index (κ2) is 8.13. The van der Waals surface area contributed by atoms with Crippen LogP contribution in [-0.4, -0.2) is 21.1 Å². The van der Waals surface area contributed by atoms with E-state index >= 15 is 0 Å². The summed E-state index contributed by atoms with van der Waals surface area (Å²) in [5.74, 6) is -0.202. The molecule has 1 aromatic heterocycles. The highest BCUT2D eigenvalue weighted by atomic mass is 79.9. The molecule has 0 saturated heterocycles. The van der Waals surface area contributed by atoms with Crippen molar-refractivity contribution >= 4 is 39.3 Å². The van der Waals surface area contributed by atoms with E-state index in [1.54, 1.807) is 19.1 Å². The molecule has 24 heavy (non-hydrogen) atoms. The molecular formula is C16H15BrN4O2S. The number of aromatic amines is 1. The van der Waals surface area contributed by atoms with Crippen LogP contribution in [0.5, 0.6) is 0 Å². The van der Waals surface area contributed by atoms with Crippen molar-refractivity contribution < 1.29 is 4.79 Å². The van der Waals surface area contributed by atoms with Crippen LogP contribution in [0.25, 0.3) is 0 Å². The molecule has 1 aromatic carbocycles. The fraction of sp³-hybridized carbons (Fsp3) is 0.250. The maximum Gasteiger partial charge on any atom is 0.269 e. The first kappa shape index (κ1) is 18.2. The lowest BCUT2D eigenvalue weighted by Gasteiger charge is -2.12. The van der Waals surface area contributed by atoms with Gasteiger partial charge in [-0.05, 0) is 37.6 Å². The van der Waals surface area contributed by atoms with Crippen LogP contribution in [0.1, 0.15) is 25.1 Å². The van der Waals surface area contributed by atoms with Gasteiger partial charge in [-0.2, -0.15) is 5.26 Å². The van der Waals surface area contributed by atoms with Crippen molar-refractivity contribution in [3.8, 4) is 6.07 Å². The average molecular weight is 407 g/mol. The lowest BCUT2D eigenvalue weighted by atomic mass is 10.2. The Hall–Kier alpha value is -2.11. The number of aryl methyl sites for hydroxylation is 1. The minimum atomic E-state index is -0.479. The van der Waals surface area contributed by atoms with Crippen molar-refractivity contribution in [1.82, 2.24) is 9.97 Å². The van der Waals surface area contributed by atoms with Crippen LogP contribution < -0.4 is 10.9 Å². The highest BCUT2D eigenvalue weighted by Crippen LogP contribution is 2.21. The second-order valence-electron chi connectivity index (χ2n) is 4.91. The molecule has 2 aromatic rings. The van der Waals surface area contributed by atoms with E-state index in [1.165, 1.54) is 0 Å². The predicted molar refractivity (Wildman–Crippen MR) is 97.0 cm³/mol. The summed E-state index contributed by atoms with van der Waals surface area (Å²) in [7, 11) is 0. The van der Waals surface area contributed by atoms with E-state index in [2.05, 4.69) is 31.2 Å². The molecule has 0 aliphatic heterocycles. The van der Waals surface area contributed by atoms with Gasteiger partial charge in [-0.15, -0.1) is 0 Å². The monoisotopic (exact) mass is 406 g/mol. The Kier molecular flexibility index (Phi) is 6.17. The number of rotatable bonds is 5. The number of hydrogen-bond acceptors (Lipinski definition) is 5. The minimum absolute atomic E-state index is 0.0221. The summed E-state index contributed by atoms with van der Waals surface area (Å²) in [6.07, 6.45) is 0.472. The van der Waals surface area contributed by atoms with Crippen molar-refractivity contribution in [2.45, 2.75) is 30.7 Å². The third kappa shape index (κ3) is 4.46. The number of nitrogens with one attached hydrogen (secondary N) is 2. The van der Waals surface area contributed by atoms with Gasteiger partial charge in [0.05, 0.1) is 10.9 Å². The van der Waals surface area contributed by atoms with Crippen molar-refractivity contribution in [3.63, 3.8) is 0 Å². The zero-order valence-electron chi connectivity index (χ0n) is 13.1. The number of H-pyrrole nitrogens is 1. The molecule has 0 unspecified atom stereocenters. The molecule has 6 nitrogen and oxygen atoms in total. The Bertz CT molecular complexity index is 843. The van der Waals surface area contributed by atoms with Gasteiger partial charge in [-0.1, -0.05) is 34.6 Å². The third-order valence-corrected chi connectivity index (χ3v) is 4.70. The van der Waals surface area contributed by atoms with E-state index < -0.39 is 10.8 Å². The summed E-state index contributed by atoms with van der Waals surface area (Å²) in [5.41, 5.74) is 0.664. The van der Waals surface area contributed by atoms with E-state index in [9.17, 15) is 9.59 Å². The van der Waals surface area contributed by atoms with Gasteiger partial charge in [-0.25, -0.2) is 4.98 Å². The van der Waals surface area contributed by atoms with Crippen LogP contribution in [0.3, 0.4) is 0 Å². The molecule has 0 aliphatic carbocycles. The van der Waals surface area contributed by atoms with E-state index in [0.717, 1.165) is 16.2 Å². The molecular weight excluding hydrogens is 392 g/mol. The molecule has 1 atom stereocenters. The zero-order chi connectivity index (χ0) is 17.7. The summed E-state index contributed by atoms with van der Waals surface area (Å²) in [5, 5.41) is 11.7. The number of anilines is 1. The highest BCUT2D eigenvalue weighted by molar-refractivity contribution is 9.10. The first-order valence-electron chi connectivity index (χ1n) is 7.21. The smallest absolute Gasteiger partial charge is 0.269 e. The maximum atomic E-state index is 12.2. The van der Waals surface area contributed by atoms with Gasteiger partial charge in [0.1, 0.15) is 11.6 Å². The number of aromatic nitrogens is 2. The van der Waals surface area contributed by atoms with E-state index in [0.29, 0.717) is 23.0 Å². The number of amides is 1. The van der Waals surface area contributed by atoms with Crippen LogP contribution in [0.2, 0.25) is 0 Å². The molecule has 0 fully saturated rings. The van der Waals surface area contributed by atoms with Crippen LogP contribution >= 0.6 is 27.7 Å². The number of halogens is 1.